The van der Waals surface area contributed by atoms with Gasteiger partial charge in [-0.3, -0.25) is 0 Å². The molecule has 0 heterocycles. The first-order valence-electron chi connectivity index (χ1n) is 3.14. The molecular weight excluding hydrogens is 132 g/mol. The van der Waals surface area contributed by atoms with E-state index >= 15 is 0 Å². The Hall–Kier alpha value is -0.490. The predicted molar refractivity (Wildman–Crippen MR) is 38.9 cm³/mol. The number of fused-ring (bicyclic) bond motifs is 1. The summed E-state index contributed by atoms with van der Waals surface area (Å²) in [5.74, 6) is 0. The van der Waals surface area contributed by atoms with E-state index in [-0.39, 0.29) is 0 Å². The van der Waals surface area contributed by atoms with Crippen molar-refractivity contribution in [1.82, 2.24) is 0 Å². The third kappa shape index (κ3) is 0.665. The molecular formula is C8H7Cl. The van der Waals surface area contributed by atoms with Gasteiger partial charge in [0.05, 0.1) is 0 Å². The van der Waals surface area contributed by atoms with Gasteiger partial charge in [-0.2, -0.15) is 0 Å². The summed E-state index contributed by atoms with van der Waals surface area (Å²) in [6.07, 6.45) is 2.39. The zero-order chi connectivity index (χ0) is 6.27. The van der Waals surface area contributed by atoms with Gasteiger partial charge in [0, 0.05) is 5.02 Å². The Labute approximate surface area is 59.5 Å². The lowest BCUT2D eigenvalue weighted by atomic mass is 9.89. The quantitative estimate of drug-likeness (QED) is 0.517. The van der Waals surface area contributed by atoms with Crippen molar-refractivity contribution in [2.45, 2.75) is 12.8 Å². The predicted octanol–water partition coefficient (Wildman–Crippen LogP) is 2.44. The lowest BCUT2D eigenvalue weighted by Crippen LogP contribution is -2.07. The number of hydrogen-bond acceptors (Lipinski definition) is 0. The number of rotatable bonds is 0. The summed E-state index contributed by atoms with van der Waals surface area (Å²) in [7, 11) is 0. The Kier molecular flexibility index (Phi) is 1.03. The van der Waals surface area contributed by atoms with Crippen LogP contribution in [0, 0.1) is 0 Å². The molecule has 1 aliphatic rings. The van der Waals surface area contributed by atoms with E-state index in [1.54, 1.807) is 0 Å². The summed E-state index contributed by atoms with van der Waals surface area (Å²) in [5, 5.41) is 0.943. The maximum Gasteiger partial charge on any atom is 0.0440 e. The van der Waals surface area contributed by atoms with Crippen molar-refractivity contribution in [3.8, 4) is 0 Å². The fraction of sp³-hybridized carbons (Fsp3) is 0.250. The van der Waals surface area contributed by atoms with Gasteiger partial charge < -0.3 is 0 Å². The minimum Gasteiger partial charge on any atom is -0.0840 e. The van der Waals surface area contributed by atoms with E-state index in [1.165, 1.54) is 24.0 Å². The van der Waals surface area contributed by atoms with Gasteiger partial charge in [0.15, 0.2) is 0 Å². The Morgan fingerprint density at radius 3 is 2.56 bits per heavy atom. The van der Waals surface area contributed by atoms with Gasteiger partial charge in [-0.1, -0.05) is 23.7 Å². The molecule has 1 aromatic rings. The SMILES string of the molecule is Clc1cccc2c1CC2. The Balaban J connectivity index is 2.64. The second kappa shape index (κ2) is 1.74. The van der Waals surface area contributed by atoms with Crippen molar-refractivity contribution in [1.29, 1.82) is 0 Å². The second-order valence-electron chi connectivity index (χ2n) is 2.38. The molecule has 0 bridgehead atoms. The van der Waals surface area contributed by atoms with Gasteiger partial charge in [-0.25, -0.2) is 0 Å². The van der Waals surface area contributed by atoms with Crippen LogP contribution in [-0.4, -0.2) is 0 Å². The monoisotopic (exact) mass is 138 g/mol. The van der Waals surface area contributed by atoms with E-state index in [0.717, 1.165) is 5.02 Å². The van der Waals surface area contributed by atoms with Crippen LogP contribution in [0.15, 0.2) is 18.2 Å². The molecule has 0 aromatic heterocycles. The Morgan fingerprint density at radius 2 is 2.11 bits per heavy atom. The third-order valence-electron chi connectivity index (χ3n) is 1.86. The van der Waals surface area contributed by atoms with Gasteiger partial charge in [0.2, 0.25) is 0 Å². The molecule has 1 aliphatic carbocycles. The highest BCUT2D eigenvalue weighted by Gasteiger charge is 2.14. The van der Waals surface area contributed by atoms with E-state index in [9.17, 15) is 0 Å². The van der Waals surface area contributed by atoms with Gasteiger partial charge in [0.25, 0.3) is 0 Å². The van der Waals surface area contributed by atoms with Crippen LogP contribution >= 0.6 is 11.6 Å². The van der Waals surface area contributed by atoms with Crippen LogP contribution in [0.2, 0.25) is 5.02 Å². The molecule has 1 aromatic carbocycles. The van der Waals surface area contributed by atoms with Crippen LogP contribution in [0.1, 0.15) is 11.1 Å². The lowest BCUT2D eigenvalue weighted by Gasteiger charge is -2.18. The lowest BCUT2D eigenvalue weighted by molar-refractivity contribution is 0.840. The zero-order valence-corrected chi connectivity index (χ0v) is 5.78. The third-order valence-corrected chi connectivity index (χ3v) is 2.21. The summed E-state index contributed by atoms with van der Waals surface area (Å²) in [6, 6.07) is 6.12. The zero-order valence-electron chi connectivity index (χ0n) is 5.02. The smallest absolute Gasteiger partial charge is 0.0440 e. The molecule has 0 saturated carbocycles. The Bertz CT molecular complexity index is 226. The highest BCUT2D eigenvalue weighted by molar-refractivity contribution is 6.31. The highest BCUT2D eigenvalue weighted by atomic mass is 35.5. The first kappa shape index (κ1) is 5.31. The summed E-state index contributed by atoms with van der Waals surface area (Å²) in [6.45, 7) is 0. The van der Waals surface area contributed by atoms with Crippen LogP contribution < -0.4 is 0 Å². The molecule has 0 N–H and O–H groups in total. The molecule has 0 aliphatic heterocycles. The van der Waals surface area contributed by atoms with E-state index in [2.05, 4.69) is 6.07 Å². The fourth-order valence-electron chi connectivity index (χ4n) is 1.20. The molecule has 0 saturated heterocycles. The first-order valence-corrected chi connectivity index (χ1v) is 3.52. The topological polar surface area (TPSA) is 0 Å². The van der Waals surface area contributed by atoms with Crippen LogP contribution in [0.3, 0.4) is 0 Å². The van der Waals surface area contributed by atoms with Gasteiger partial charge in [-0.15, -0.1) is 0 Å². The van der Waals surface area contributed by atoms with Crippen molar-refractivity contribution in [2.24, 2.45) is 0 Å². The second-order valence-corrected chi connectivity index (χ2v) is 2.78. The molecule has 0 nitrogen and oxygen atoms in total. The minimum atomic E-state index is 0.943. The van der Waals surface area contributed by atoms with Gasteiger partial charge in [0.1, 0.15) is 0 Å². The van der Waals surface area contributed by atoms with Crippen LogP contribution in [0.25, 0.3) is 0 Å². The van der Waals surface area contributed by atoms with Crippen LogP contribution in [0.5, 0.6) is 0 Å². The van der Waals surface area contributed by atoms with Gasteiger partial charge in [-0.05, 0) is 30.0 Å². The maximum absolute atomic E-state index is 5.87. The molecule has 0 radical (unpaired) electrons. The molecule has 2 rings (SSSR count). The van der Waals surface area contributed by atoms with E-state index < -0.39 is 0 Å². The van der Waals surface area contributed by atoms with Crippen molar-refractivity contribution in [2.75, 3.05) is 0 Å². The fourth-order valence-corrected chi connectivity index (χ4v) is 1.49. The average molecular weight is 139 g/mol. The molecule has 0 fully saturated rings. The summed E-state index contributed by atoms with van der Waals surface area (Å²) in [4.78, 5) is 0. The summed E-state index contributed by atoms with van der Waals surface area (Å²) in [5.41, 5.74) is 2.79. The van der Waals surface area contributed by atoms with Crippen molar-refractivity contribution >= 4 is 11.6 Å². The van der Waals surface area contributed by atoms with Crippen LogP contribution in [-0.2, 0) is 12.8 Å². The summed E-state index contributed by atoms with van der Waals surface area (Å²) < 4.78 is 0. The minimum absolute atomic E-state index is 0.943. The molecule has 1 heteroatoms. The normalized spacial score (nSPS) is 14.3. The number of benzene rings is 1. The molecule has 9 heavy (non-hydrogen) atoms. The molecule has 0 atom stereocenters. The van der Waals surface area contributed by atoms with Crippen molar-refractivity contribution < 1.29 is 0 Å². The molecule has 46 valence electrons. The maximum atomic E-state index is 5.87. The van der Waals surface area contributed by atoms with E-state index in [4.69, 9.17) is 11.6 Å². The molecule has 0 unspecified atom stereocenters. The average Bonchev–Trinajstić information content (AvgIpc) is 1.74. The number of halogens is 1. The van der Waals surface area contributed by atoms with Crippen molar-refractivity contribution in [3.05, 3.63) is 34.3 Å². The molecule has 0 amide bonds. The summed E-state index contributed by atoms with van der Waals surface area (Å²) >= 11 is 5.87. The highest BCUT2D eigenvalue weighted by Crippen LogP contribution is 2.29. The van der Waals surface area contributed by atoms with E-state index in [1.807, 2.05) is 12.1 Å². The van der Waals surface area contributed by atoms with Crippen molar-refractivity contribution in [3.63, 3.8) is 0 Å². The van der Waals surface area contributed by atoms with Crippen LogP contribution in [0.4, 0.5) is 0 Å². The van der Waals surface area contributed by atoms with E-state index in [0.29, 0.717) is 0 Å². The number of hydrogen-bond donors (Lipinski definition) is 0. The van der Waals surface area contributed by atoms with Gasteiger partial charge >= 0.3 is 0 Å². The standard InChI is InChI=1S/C8H7Cl/c9-8-3-1-2-6-4-5-7(6)8/h1-3H,4-5H2. The Morgan fingerprint density at radius 1 is 1.22 bits per heavy atom. The largest absolute Gasteiger partial charge is 0.0840 e. The number of aryl methyl sites for hydroxylation is 1. The molecule has 0 spiro atoms. The first-order chi connectivity index (χ1) is 4.38.